The molecule has 82 valence electrons. The number of oxazole rings is 1. The van der Waals surface area contributed by atoms with E-state index in [2.05, 4.69) is 9.97 Å². The van der Waals surface area contributed by atoms with Crippen molar-refractivity contribution in [1.29, 1.82) is 0 Å². The van der Waals surface area contributed by atoms with E-state index in [9.17, 15) is 0 Å². The summed E-state index contributed by atoms with van der Waals surface area (Å²) in [5.74, 6) is 0.572. The van der Waals surface area contributed by atoms with Crippen LogP contribution in [0.1, 0.15) is 11.5 Å². The second-order valence-corrected chi connectivity index (χ2v) is 3.62. The van der Waals surface area contributed by atoms with Gasteiger partial charge in [0.25, 0.3) is 0 Å². The lowest BCUT2D eigenvalue weighted by Crippen LogP contribution is -1.71. The molecule has 0 atom stereocenters. The molecule has 0 spiro atoms. The molecule has 3 aromatic rings. The van der Waals surface area contributed by atoms with Crippen molar-refractivity contribution in [3.8, 4) is 0 Å². The highest BCUT2D eigenvalue weighted by molar-refractivity contribution is 5.72. The van der Waals surface area contributed by atoms with Gasteiger partial charge in [-0.05, 0) is 23.8 Å². The van der Waals surface area contributed by atoms with Crippen LogP contribution in [0.2, 0.25) is 0 Å². The Balaban J connectivity index is 1.92. The van der Waals surface area contributed by atoms with Crippen molar-refractivity contribution in [3.63, 3.8) is 0 Å². The van der Waals surface area contributed by atoms with Gasteiger partial charge in [0.2, 0.25) is 11.6 Å². The van der Waals surface area contributed by atoms with Crippen molar-refractivity contribution in [3.05, 3.63) is 60.1 Å². The Labute approximate surface area is 98.4 Å². The fourth-order valence-corrected chi connectivity index (χ4v) is 1.59. The number of rotatable bonds is 2. The van der Waals surface area contributed by atoms with E-state index in [0.29, 0.717) is 11.6 Å². The van der Waals surface area contributed by atoms with Crippen LogP contribution in [0.3, 0.4) is 0 Å². The summed E-state index contributed by atoms with van der Waals surface area (Å²) in [6, 6.07) is 13.7. The van der Waals surface area contributed by atoms with Gasteiger partial charge in [-0.15, -0.1) is 0 Å². The average molecular weight is 222 g/mol. The number of fused-ring (bicyclic) bond motifs is 1. The summed E-state index contributed by atoms with van der Waals surface area (Å²) in [5, 5.41) is 0. The molecule has 2 heterocycles. The number of aromatic nitrogens is 2. The molecule has 3 rings (SSSR count). The highest BCUT2D eigenvalue weighted by atomic mass is 16.4. The molecule has 2 aromatic heterocycles. The van der Waals surface area contributed by atoms with Gasteiger partial charge in [-0.2, -0.15) is 0 Å². The van der Waals surface area contributed by atoms with E-state index in [-0.39, 0.29) is 0 Å². The zero-order valence-electron chi connectivity index (χ0n) is 9.08. The fourth-order valence-electron chi connectivity index (χ4n) is 1.59. The first-order valence-electron chi connectivity index (χ1n) is 5.36. The molecule has 17 heavy (non-hydrogen) atoms. The smallest absolute Gasteiger partial charge is 0.247 e. The maximum Gasteiger partial charge on any atom is 0.247 e. The minimum absolute atomic E-state index is 0.570. The van der Waals surface area contributed by atoms with Crippen LogP contribution < -0.4 is 0 Å². The summed E-state index contributed by atoms with van der Waals surface area (Å²) in [7, 11) is 0. The lowest BCUT2D eigenvalue weighted by molar-refractivity contribution is 0.579. The van der Waals surface area contributed by atoms with Gasteiger partial charge in [-0.1, -0.05) is 30.3 Å². The maximum atomic E-state index is 5.48. The maximum absolute atomic E-state index is 5.48. The molecule has 0 unspecified atom stereocenters. The second-order valence-electron chi connectivity index (χ2n) is 3.62. The van der Waals surface area contributed by atoms with Crippen molar-refractivity contribution < 1.29 is 4.42 Å². The van der Waals surface area contributed by atoms with E-state index in [4.69, 9.17) is 4.42 Å². The molecule has 1 aromatic carbocycles. The van der Waals surface area contributed by atoms with E-state index in [1.165, 1.54) is 0 Å². The van der Waals surface area contributed by atoms with Crippen molar-refractivity contribution in [1.82, 2.24) is 9.97 Å². The van der Waals surface area contributed by atoms with Crippen LogP contribution in [-0.4, -0.2) is 9.97 Å². The Morgan fingerprint density at radius 2 is 1.82 bits per heavy atom. The molecule has 0 saturated heterocycles. The number of nitrogens with zero attached hydrogens (tertiary/aromatic N) is 2. The molecule has 3 nitrogen and oxygen atoms in total. The summed E-state index contributed by atoms with van der Waals surface area (Å²) >= 11 is 0. The first kappa shape index (κ1) is 9.78. The van der Waals surface area contributed by atoms with E-state index < -0.39 is 0 Å². The minimum Gasteiger partial charge on any atom is -0.418 e. The number of benzene rings is 1. The van der Waals surface area contributed by atoms with Gasteiger partial charge in [-0.25, -0.2) is 9.97 Å². The van der Waals surface area contributed by atoms with Gasteiger partial charge >= 0.3 is 0 Å². The van der Waals surface area contributed by atoms with Crippen molar-refractivity contribution >= 4 is 23.4 Å². The molecule has 0 radical (unpaired) electrons. The third-order valence-corrected chi connectivity index (χ3v) is 2.40. The zero-order chi connectivity index (χ0) is 11.5. The molecule has 0 aliphatic heterocycles. The molecule has 0 amide bonds. The molecular weight excluding hydrogens is 212 g/mol. The van der Waals surface area contributed by atoms with Gasteiger partial charge in [0.15, 0.2) is 0 Å². The lowest BCUT2D eigenvalue weighted by Gasteiger charge is -1.88. The summed E-state index contributed by atoms with van der Waals surface area (Å²) in [5.41, 5.74) is 2.46. The monoisotopic (exact) mass is 222 g/mol. The van der Waals surface area contributed by atoms with Gasteiger partial charge < -0.3 is 4.42 Å². The molecule has 0 aliphatic rings. The predicted molar refractivity (Wildman–Crippen MR) is 67.2 cm³/mol. The third kappa shape index (κ3) is 2.08. The van der Waals surface area contributed by atoms with E-state index in [0.717, 1.165) is 11.1 Å². The first-order valence-corrected chi connectivity index (χ1v) is 5.36. The lowest BCUT2D eigenvalue weighted by atomic mass is 10.2. The molecule has 0 fully saturated rings. The molecule has 0 bridgehead atoms. The normalized spacial score (nSPS) is 11.3. The van der Waals surface area contributed by atoms with Crippen LogP contribution in [0.25, 0.3) is 23.4 Å². The Kier molecular flexibility index (Phi) is 2.43. The van der Waals surface area contributed by atoms with Crippen molar-refractivity contribution in [2.45, 2.75) is 0 Å². The Hall–Kier alpha value is -2.42. The van der Waals surface area contributed by atoms with Crippen molar-refractivity contribution in [2.24, 2.45) is 0 Å². The van der Waals surface area contributed by atoms with Crippen LogP contribution in [-0.2, 0) is 0 Å². The number of pyridine rings is 1. The van der Waals surface area contributed by atoms with Crippen LogP contribution in [0.4, 0.5) is 0 Å². The fraction of sp³-hybridized carbons (Fsp3) is 0. The zero-order valence-corrected chi connectivity index (χ0v) is 9.08. The average Bonchev–Trinajstić information content (AvgIpc) is 2.80. The minimum atomic E-state index is 0.570. The Bertz CT molecular complexity index is 623. The summed E-state index contributed by atoms with van der Waals surface area (Å²) in [6.45, 7) is 0. The highest BCUT2D eigenvalue weighted by Gasteiger charge is 2.01. The van der Waals surface area contributed by atoms with Crippen LogP contribution >= 0.6 is 0 Å². The molecule has 0 N–H and O–H groups in total. The summed E-state index contributed by atoms with van der Waals surface area (Å²) < 4.78 is 5.48. The standard InChI is InChI=1S/C14H10N2O/c1-2-5-11(6-3-1)8-9-13-16-12-7-4-10-15-14(12)17-13/h1-10H/b9-8+. The van der Waals surface area contributed by atoms with E-state index in [1.54, 1.807) is 6.20 Å². The summed E-state index contributed by atoms with van der Waals surface area (Å²) in [6.07, 6.45) is 5.50. The van der Waals surface area contributed by atoms with Gasteiger partial charge in [0.05, 0.1) is 0 Å². The predicted octanol–water partition coefficient (Wildman–Crippen LogP) is 3.39. The van der Waals surface area contributed by atoms with Gasteiger partial charge in [-0.3, -0.25) is 0 Å². The Morgan fingerprint density at radius 1 is 0.941 bits per heavy atom. The molecular formula is C14H10N2O. The van der Waals surface area contributed by atoms with Crippen LogP contribution in [0.15, 0.2) is 53.1 Å². The first-order chi connectivity index (χ1) is 8.42. The topological polar surface area (TPSA) is 38.9 Å². The second kappa shape index (κ2) is 4.22. The largest absolute Gasteiger partial charge is 0.418 e. The number of hydrogen-bond acceptors (Lipinski definition) is 3. The quantitative estimate of drug-likeness (QED) is 0.667. The van der Waals surface area contributed by atoms with Crippen LogP contribution in [0.5, 0.6) is 0 Å². The molecule has 0 saturated carbocycles. The highest BCUT2D eigenvalue weighted by Crippen LogP contribution is 2.14. The third-order valence-electron chi connectivity index (χ3n) is 2.40. The van der Waals surface area contributed by atoms with Gasteiger partial charge in [0.1, 0.15) is 5.52 Å². The SMILES string of the molecule is C(=C\c1nc2cccnc2o1)/c1ccccc1. The number of hydrogen-bond donors (Lipinski definition) is 0. The van der Waals surface area contributed by atoms with Crippen LogP contribution in [0, 0.1) is 0 Å². The van der Waals surface area contributed by atoms with E-state index in [1.807, 2.05) is 54.6 Å². The Morgan fingerprint density at radius 3 is 2.65 bits per heavy atom. The van der Waals surface area contributed by atoms with Gasteiger partial charge in [0, 0.05) is 12.3 Å². The molecule has 0 aliphatic carbocycles. The van der Waals surface area contributed by atoms with Crippen molar-refractivity contribution in [2.75, 3.05) is 0 Å². The van der Waals surface area contributed by atoms with E-state index >= 15 is 0 Å². The molecule has 3 heteroatoms. The summed E-state index contributed by atoms with van der Waals surface area (Å²) in [4.78, 5) is 8.41.